The number of nitro groups is 1. The van der Waals surface area contributed by atoms with E-state index in [0.717, 1.165) is 23.8 Å². The molecule has 0 unspecified atom stereocenters. The quantitative estimate of drug-likeness (QED) is 0.396. The Morgan fingerprint density at radius 1 is 1.29 bits per heavy atom. The largest absolute Gasteiger partial charge is 0.478 e. The number of carbonyl (C=O) groups excluding carboxylic acids is 1. The number of nitro benzene ring substituents is 1. The van der Waals surface area contributed by atoms with Crippen molar-refractivity contribution >= 4 is 27.2 Å². The van der Waals surface area contributed by atoms with E-state index in [4.69, 9.17) is 4.74 Å². The molecule has 3 rings (SSSR count). The molecule has 0 saturated carbocycles. The van der Waals surface area contributed by atoms with E-state index in [1.165, 1.54) is 10.4 Å². The van der Waals surface area contributed by atoms with Gasteiger partial charge in [0, 0.05) is 24.2 Å². The van der Waals surface area contributed by atoms with Crippen molar-refractivity contribution in [3.8, 4) is 5.75 Å². The van der Waals surface area contributed by atoms with E-state index >= 15 is 0 Å². The van der Waals surface area contributed by atoms with Crippen LogP contribution < -0.4 is 9.04 Å². The molecule has 0 saturated heterocycles. The van der Waals surface area contributed by atoms with Crippen molar-refractivity contribution in [2.24, 2.45) is 0 Å². The van der Waals surface area contributed by atoms with Gasteiger partial charge in [-0.25, -0.2) is 12.8 Å². The average Bonchev–Trinajstić information content (AvgIpc) is 3.10. The Kier molecular flexibility index (Phi) is 5.32. The third kappa shape index (κ3) is 3.81. The van der Waals surface area contributed by atoms with Gasteiger partial charge in [0.25, 0.3) is 0 Å². The van der Waals surface area contributed by atoms with Gasteiger partial charge in [0.05, 0.1) is 16.4 Å². The van der Waals surface area contributed by atoms with Gasteiger partial charge in [0.2, 0.25) is 10.0 Å². The van der Waals surface area contributed by atoms with Gasteiger partial charge in [-0.2, -0.15) is 0 Å². The molecule has 148 valence electrons. The lowest BCUT2D eigenvalue weighted by Crippen LogP contribution is -2.30. The number of anilines is 1. The van der Waals surface area contributed by atoms with Crippen LogP contribution in [0.5, 0.6) is 5.75 Å². The third-order valence-electron chi connectivity index (χ3n) is 4.43. The molecule has 2 aromatic carbocycles. The summed E-state index contributed by atoms with van der Waals surface area (Å²) >= 11 is 0. The molecular weight excluding hydrogens is 391 g/mol. The Morgan fingerprint density at radius 3 is 2.71 bits per heavy atom. The molecule has 0 atom stereocenters. The zero-order valence-electron chi connectivity index (χ0n) is 14.9. The van der Waals surface area contributed by atoms with Crippen LogP contribution in [0.15, 0.2) is 36.4 Å². The molecular formula is C18H17FN2O6S. The number of fused-ring (bicyclic) bond motifs is 1. The normalized spacial score (nSPS) is 13.3. The molecule has 0 aromatic heterocycles. The van der Waals surface area contributed by atoms with Gasteiger partial charge < -0.3 is 4.74 Å². The summed E-state index contributed by atoms with van der Waals surface area (Å²) < 4.78 is 44.0. The second kappa shape index (κ2) is 7.55. The molecule has 0 amide bonds. The highest BCUT2D eigenvalue weighted by Gasteiger charge is 2.28. The zero-order valence-corrected chi connectivity index (χ0v) is 15.7. The third-order valence-corrected chi connectivity index (χ3v) is 6.21. The van der Waals surface area contributed by atoms with Crippen LogP contribution in [0.2, 0.25) is 0 Å². The molecule has 0 aliphatic carbocycles. The first-order valence-corrected chi connectivity index (χ1v) is 10.1. The summed E-state index contributed by atoms with van der Waals surface area (Å²) in [5.74, 6) is -1.53. The van der Waals surface area contributed by atoms with Crippen LogP contribution in [0.3, 0.4) is 0 Å². The Balaban J connectivity index is 1.77. The first-order chi connectivity index (χ1) is 13.2. The first-order valence-electron chi connectivity index (χ1n) is 8.46. The molecule has 8 nitrogen and oxygen atoms in total. The number of carbonyl (C=O) groups is 1. The maximum absolute atomic E-state index is 13.3. The van der Waals surface area contributed by atoms with Gasteiger partial charge in [-0.15, -0.1) is 0 Å². The topological polar surface area (TPSA) is 107 Å². The van der Waals surface area contributed by atoms with E-state index in [0.29, 0.717) is 18.7 Å². The number of ketones is 1. The van der Waals surface area contributed by atoms with Crippen molar-refractivity contribution in [3.05, 3.63) is 63.5 Å². The Hall–Kier alpha value is -3.01. The number of hydrogen-bond donors (Lipinski definition) is 0. The molecule has 0 radical (unpaired) electrons. The SMILES string of the molecule is CCS(=O)(=O)N1CCc2cc(C(=O)COc3cc(F)ccc3[N+](=O)[O-])ccc21. The van der Waals surface area contributed by atoms with E-state index in [9.17, 15) is 27.7 Å². The number of hydrogen-bond acceptors (Lipinski definition) is 6. The summed E-state index contributed by atoms with van der Waals surface area (Å²) in [6.07, 6.45) is 0.478. The molecule has 0 bridgehead atoms. The monoisotopic (exact) mass is 408 g/mol. The highest BCUT2D eigenvalue weighted by atomic mass is 32.2. The molecule has 2 aromatic rings. The number of benzene rings is 2. The summed E-state index contributed by atoms with van der Waals surface area (Å²) in [4.78, 5) is 22.6. The standard InChI is InChI=1S/C18H17FN2O6S/c1-2-28(25,26)20-8-7-12-9-13(3-5-15(12)20)17(22)11-27-18-10-14(19)4-6-16(18)21(23)24/h3-6,9-10H,2,7-8,11H2,1H3. The lowest BCUT2D eigenvalue weighted by molar-refractivity contribution is -0.385. The fraction of sp³-hybridized carbons (Fsp3) is 0.278. The summed E-state index contributed by atoms with van der Waals surface area (Å²) in [6, 6.07) is 7.38. The number of ether oxygens (including phenoxy) is 1. The average molecular weight is 408 g/mol. The second-order valence-corrected chi connectivity index (χ2v) is 8.33. The van der Waals surface area contributed by atoms with Crippen molar-refractivity contribution in [2.75, 3.05) is 23.2 Å². The number of Topliss-reactive ketones (excluding diaryl/α,β-unsaturated/α-hetero) is 1. The van der Waals surface area contributed by atoms with Crippen molar-refractivity contribution < 1.29 is 27.3 Å². The maximum atomic E-state index is 13.3. The van der Waals surface area contributed by atoms with E-state index in [1.54, 1.807) is 19.1 Å². The minimum absolute atomic E-state index is 0.0205. The molecule has 0 N–H and O–H groups in total. The predicted molar refractivity (Wildman–Crippen MR) is 99.8 cm³/mol. The van der Waals surface area contributed by atoms with Gasteiger partial charge in [-0.1, -0.05) is 0 Å². The summed E-state index contributed by atoms with van der Waals surface area (Å²) in [5, 5.41) is 11.0. The van der Waals surface area contributed by atoms with Gasteiger partial charge in [-0.05, 0) is 43.2 Å². The fourth-order valence-corrected chi connectivity index (χ4v) is 4.13. The Morgan fingerprint density at radius 2 is 2.04 bits per heavy atom. The highest BCUT2D eigenvalue weighted by molar-refractivity contribution is 7.92. The number of sulfonamides is 1. The van der Waals surface area contributed by atoms with Crippen molar-refractivity contribution in [3.63, 3.8) is 0 Å². The number of halogens is 1. The van der Waals surface area contributed by atoms with E-state index < -0.39 is 38.8 Å². The maximum Gasteiger partial charge on any atom is 0.311 e. The summed E-state index contributed by atoms with van der Waals surface area (Å²) in [6.45, 7) is 1.36. The Bertz CT molecular complexity index is 1050. The molecule has 10 heteroatoms. The second-order valence-electron chi connectivity index (χ2n) is 6.15. The first kappa shape index (κ1) is 19.7. The van der Waals surface area contributed by atoms with Crippen LogP contribution in [0, 0.1) is 15.9 Å². The van der Waals surface area contributed by atoms with Crippen LogP contribution >= 0.6 is 0 Å². The summed E-state index contributed by atoms with van der Waals surface area (Å²) in [7, 11) is -3.38. The van der Waals surface area contributed by atoms with Gasteiger partial charge in [-0.3, -0.25) is 19.2 Å². The van der Waals surface area contributed by atoms with Crippen LogP contribution in [-0.4, -0.2) is 38.0 Å². The smallest absolute Gasteiger partial charge is 0.311 e. The van der Waals surface area contributed by atoms with Crippen LogP contribution in [-0.2, 0) is 16.4 Å². The molecule has 0 fully saturated rings. The van der Waals surface area contributed by atoms with Crippen molar-refractivity contribution in [1.29, 1.82) is 0 Å². The zero-order chi connectivity index (χ0) is 20.5. The molecule has 0 spiro atoms. The molecule has 1 aliphatic heterocycles. The van der Waals surface area contributed by atoms with Crippen molar-refractivity contribution in [2.45, 2.75) is 13.3 Å². The van der Waals surface area contributed by atoms with Crippen LogP contribution in [0.4, 0.5) is 15.8 Å². The van der Waals surface area contributed by atoms with E-state index in [2.05, 4.69) is 0 Å². The predicted octanol–water partition coefficient (Wildman–Crippen LogP) is 2.71. The number of rotatable bonds is 7. The van der Waals surface area contributed by atoms with Crippen LogP contribution in [0.25, 0.3) is 0 Å². The summed E-state index contributed by atoms with van der Waals surface area (Å²) in [5.41, 5.74) is 1.11. The molecule has 1 aliphatic rings. The lowest BCUT2D eigenvalue weighted by Gasteiger charge is -2.18. The highest BCUT2D eigenvalue weighted by Crippen LogP contribution is 2.32. The fourth-order valence-electron chi connectivity index (χ4n) is 2.97. The van der Waals surface area contributed by atoms with E-state index in [1.807, 2.05) is 0 Å². The number of nitrogens with zero attached hydrogens (tertiary/aromatic N) is 2. The minimum Gasteiger partial charge on any atom is -0.478 e. The minimum atomic E-state index is -3.38. The van der Waals surface area contributed by atoms with Gasteiger partial charge in [0.15, 0.2) is 18.1 Å². The lowest BCUT2D eigenvalue weighted by atomic mass is 10.1. The van der Waals surface area contributed by atoms with Gasteiger partial charge in [0.1, 0.15) is 5.82 Å². The molecule has 1 heterocycles. The Labute approximate surface area is 160 Å². The molecule has 28 heavy (non-hydrogen) atoms. The van der Waals surface area contributed by atoms with E-state index in [-0.39, 0.29) is 17.1 Å². The van der Waals surface area contributed by atoms with Crippen molar-refractivity contribution in [1.82, 2.24) is 0 Å². The van der Waals surface area contributed by atoms with Gasteiger partial charge >= 0.3 is 5.69 Å². The van der Waals surface area contributed by atoms with Crippen LogP contribution in [0.1, 0.15) is 22.8 Å².